The van der Waals surface area contributed by atoms with Gasteiger partial charge in [-0.25, -0.2) is 9.97 Å². The van der Waals surface area contributed by atoms with E-state index in [9.17, 15) is 23.4 Å². The van der Waals surface area contributed by atoms with E-state index in [4.69, 9.17) is 20.5 Å². The van der Waals surface area contributed by atoms with Gasteiger partial charge < -0.3 is 20.3 Å². The molecule has 0 unspecified atom stereocenters. The predicted octanol–water partition coefficient (Wildman–Crippen LogP) is 2.44. The van der Waals surface area contributed by atoms with E-state index in [1.54, 1.807) is 30.3 Å². The minimum absolute atomic E-state index is 0.173. The fourth-order valence-electron chi connectivity index (χ4n) is 4.23. The largest absolute Gasteiger partial charge is 0.390 e. The number of aliphatic hydroxyl groups is 2. The number of nitrogens with zero attached hydrogens (tertiary/aromatic N) is 2. The molecule has 38 heavy (non-hydrogen) atoms. The van der Waals surface area contributed by atoms with E-state index < -0.39 is 34.7 Å². The molecule has 2 aromatic heterocycles. The summed E-state index contributed by atoms with van der Waals surface area (Å²) in [7, 11) is -1.24. The standard InChI is InChI=1S/C24H27ClN4O7S2/c1-26-38(33,34)36-19-8-15(7-18(19)30)29-24-17(10-27-12-28-24)23(32)20-9-16(21(37-20)11-35-2)22(31)13-4-3-5-14(25)6-13/h3-6,9-10,12,15,18-19,22,26,30-31H,7-8,11H2,1-2H3,(H,27,28,29)/t15-,18+,19-,22-/m1/s1. The van der Waals surface area contributed by atoms with Crippen molar-refractivity contribution in [3.05, 3.63) is 74.3 Å². The molecule has 0 radical (unpaired) electrons. The Morgan fingerprint density at radius 1 is 1.32 bits per heavy atom. The monoisotopic (exact) mass is 582 g/mol. The molecule has 3 aromatic rings. The number of benzene rings is 1. The van der Waals surface area contributed by atoms with Crippen LogP contribution in [0.25, 0.3) is 0 Å². The third-order valence-electron chi connectivity index (χ3n) is 6.07. The number of ketones is 1. The van der Waals surface area contributed by atoms with Crippen molar-refractivity contribution in [3.63, 3.8) is 0 Å². The smallest absolute Gasteiger partial charge is 0.335 e. The number of aromatic nitrogens is 2. The maximum absolute atomic E-state index is 13.6. The quantitative estimate of drug-likeness (QED) is 0.247. The van der Waals surface area contributed by atoms with Crippen LogP contribution in [0.4, 0.5) is 5.82 Å². The molecule has 1 aliphatic carbocycles. The van der Waals surface area contributed by atoms with E-state index in [-0.39, 0.29) is 36.6 Å². The van der Waals surface area contributed by atoms with Crippen LogP contribution in [0.15, 0.2) is 42.9 Å². The molecule has 2 heterocycles. The molecule has 1 aliphatic rings. The number of methoxy groups -OCH3 is 1. The number of hydrogen-bond acceptors (Lipinski definition) is 11. The topological polar surface area (TPSA) is 160 Å². The summed E-state index contributed by atoms with van der Waals surface area (Å²) in [6.45, 7) is 0.193. The van der Waals surface area contributed by atoms with Gasteiger partial charge in [0, 0.05) is 41.9 Å². The molecule has 0 aliphatic heterocycles. The van der Waals surface area contributed by atoms with Gasteiger partial charge in [0.05, 0.1) is 23.2 Å². The second kappa shape index (κ2) is 12.1. The highest BCUT2D eigenvalue weighted by atomic mass is 35.5. The highest BCUT2D eigenvalue weighted by molar-refractivity contribution is 7.84. The summed E-state index contributed by atoms with van der Waals surface area (Å²) < 4.78 is 35.8. The summed E-state index contributed by atoms with van der Waals surface area (Å²) in [6, 6.07) is 8.06. The van der Waals surface area contributed by atoms with Crippen LogP contribution < -0.4 is 10.0 Å². The third-order valence-corrected chi connectivity index (χ3v) is 8.43. The van der Waals surface area contributed by atoms with Gasteiger partial charge in [-0.3, -0.25) is 8.98 Å². The first-order chi connectivity index (χ1) is 18.1. The van der Waals surface area contributed by atoms with Gasteiger partial charge in [0.25, 0.3) is 0 Å². The normalized spacial score (nSPS) is 20.4. The summed E-state index contributed by atoms with van der Waals surface area (Å²) in [5.74, 6) is -0.137. The lowest BCUT2D eigenvalue weighted by Gasteiger charge is -2.15. The Morgan fingerprint density at radius 3 is 2.82 bits per heavy atom. The molecular weight excluding hydrogens is 556 g/mol. The Labute approximate surface area is 229 Å². The summed E-state index contributed by atoms with van der Waals surface area (Å²) in [6.07, 6.45) is 0.0265. The Hall–Kier alpha value is -2.49. The van der Waals surface area contributed by atoms with Gasteiger partial charge in [-0.15, -0.1) is 11.3 Å². The fraction of sp³-hybridized carbons (Fsp3) is 0.375. The van der Waals surface area contributed by atoms with E-state index in [2.05, 4.69) is 20.0 Å². The minimum atomic E-state index is -3.98. The molecule has 4 N–H and O–H groups in total. The van der Waals surface area contributed by atoms with Crippen molar-refractivity contribution < 1.29 is 32.3 Å². The van der Waals surface area contributed by atoms with Gasteiger partial charge in [-0.05, 0) is 36.6 Å². The number of hydrogen-bond donors (Lipinski definition) is 4. The SMILES string of the molecule is CNS(=O)(=O)O[C@@H]1C[C@H](Nc2ncncc2C(=O)c2cc([C@H](O)c3cccc(Cl)c3)c(COC)s2)C[C@@H]1O. The van der Waals surface area contributed by atoms with E-state index in [0.29, 0.717) is 25.9 Å². The second-order valence-corrected chi connectivity index (χ2v) is 11.7. The Kier molecular flexibility index (Phi) is 9.11. The summed E-state index contributed by atoms with van der Waals surface area (Å²) in [4.78, 5) is 22.8. The van der Waals surface area contributed by atoms with Crippen LogP contribution in [0, 0.1) is 0 Å². The minimum Gasteiger partial charge on any atom is -0.390 e. The molecule has 204 valence electrons. The molecule has 0 saturated heterocycles. The average Bonchev–Trinajstić information content (AvgIpc) is 3.46. The van der Waals surface area contributed by atoms with Crippen LogP contribution in [-0.2, 0) is 25.8 Å². The zero-order valence-corrected chi connectivity index (χ0v) is 22.9. The molecule has 0 bridgehead atoms. The number of carbonyl (C=O) groups excluding carboxylic acids is 1. The third kappa shape index (κ3) is 6.55. The van der Waals surface area contributed by atoms with E-state index in [0.717, 1.165) is 0 Å². The predicted molar refractivity (Wildman–Crippen MR) is 142 cm³/mol. The van der Waals surface area contributed by atoms with Crippen molar-refractivity contribution in [1.82, 2.24) is 14.7 Å². The molecule has 0 spiro atoms. The molecule has 0 amide bonds. The first kappa shape index (κ1) is 28.5. The first-order valence-electron chi connectivity index (χ1n) is 11.6. The zero-order chi connectivity index (χ0) is 27.4. The number of halogens is 1. The van der Waals surface area contributed by atoms with Crippen LogP contribution in [0.1, 0.15) is 50.2 Å². The van der Waals surface area contributed by atoms with Gasteiger partial charge >= 0.3 is 10.3 Å². The number of nitrogens with one attached hydrogen (secondary N) is 2. The first-order valence-corrected chi connectivity index (χ1v) is 14.2. The number of thiophene rings is 1. The van der Waals surface area contributed by atoms with Gasteiger partial charge in [0.15, 0.2) is 0 Å². The molecule has 1 fully saturated rings. The van der Waals surface area contributed by atoms with Gasteiger partial charge in [-0.1, -0.05) is 23.7 Å². The number of aliphatic hydroxyl groups excluding tert-OH is 2. The van der Waals surface area contributed by atoms with Crippen LogP contribution in [0.3, 0.4) is 0 Å². The number of carbonyl (C=O) groups is 1. The molecule has 11 nitrogen and oxygen atoms in total. The van der Waals surface area contributed by atoms with E-state index in [1.807, 2.05) is 0 Å². The van der Waals surface area contributed by atoms with Gasteiger partial charge in [0.2, 0.25) is 5.78 Å². The molecule has 1 aromatic carbocycles. The van der Waals surface area contributed by atoms with Crippen LogP contribution in [-0.4, -0.2) is 66.8 Å². The lowest BCUT2D eigenvalue weighted by Crippen LogP contribution is -2.31. The summed E-state index contributed by atoms with van der Waals surface area (Å²) in [5.41, 5.74) is 1.29. The molecule has 14 heteroatoms. The van der Waals surface area contributed by atoms with Crippen molar-refractivity contribution in [3.8, 4) is 0 Å². The Bertz CT molecular complexity index is 1400. The van der Waals surface area contributed by atoms with Crippen molar-refractivity contribution in [2.75, 3.05) is 19.5 Å². The fourth-order valence-corrected chi connectivity index (χ4v) is 6.18. The van der Waals surface area contributed by atoms with Crippen molar-refractivity contribution in [1.29, 1.82) is 0 Å². The van der Waals surface area contributed by atoms with Gasteiger partial charge in [-0.2, -0.15) is 13.1 Å². The Balaban J connectivity index is 1.57. The molecular formula is C24H27ClN4O7S2. The highest BCUT2D eigenvalue weighted by Crippen LogP contribution is 2.35. The van der Waals surface area contributed by atoms with E-state index >= 15 is 0 Å². The molecule has 4 rings (SSSR count). The molecule has 1 saturated carbocycles. The highest BCUT2D eigenvalue weighted by Gasteiger charge is 2.37. The maximum Gasteiger partial charge on any atom is 0.335 e. The molecule has 4 atom stereocenters. The number of rotatable bonds is 11. The van der Waals surface area contributed by atoms with E-state index in [1.165, 1.54) is 38.0 Å². The van der Waals surface area contributed by atoms with Gasteiger partial charge in [0.1, 0.15) is 24.4 Å². The Morgan fingerprint density at radius 2 is 2.11 bits per heavy atom. The second-order valence-electron chi connectivity index (χ2n) is 8.67. The average molecular weight is 583 g/mol. The number of anilines is 1. The summed E-state index contributed by atoms with van der Waals surface area (Å²) >= 11 is 7.28. The van der Waals surface area contributed by atoms with Crippen molar-refractivity contribution in [2.45, 2.75) is 43.8 Å². The van der Waals surface area contributed by atoms with Crippen molar-refractivity contribution >= 4 is 44.8 Å². The van der Waals surface area contributed by atoms with Crippen LogP contribution in [0.5, 0.6) is 0 Å². The summed E-state index contributed by atoms with van der Waals surface area (Å²) in [5, 5.41) is 24.9. The maximum atomic E-state index is 13.6. The lowest BCUT2D eigenvalue weighted by molar-refractivity contribution is 0.0636. The van der Waals surface area contributed by atoms with Crippen LogP contribution >= 0.6 is 22.9 Å². The number of ether oxygens (including phenoxy) is 1. The van der Waals surface area contributed by atoms with Crippen LogP contribution in [0.2, 0.25) is 5.02 Å². The van der Waals surface area contributed by atoms with Crippen molar-refractivity contribution in [2.24, 2.45) is 0 Å². The lowest BCUT2D eigenvalue weighted by atomic mass is 10.0. The zero-order valence-electron chi connectivity index (χ0n) is 20.5.